The van der Waals surface area contributed by atoms with Gasteiger partial charge in [-0.3, -0.25) is 4.79 Å². The van der Waals surface area contributed by atoms with Crippen LogP contribution in [0.4, 0.5) is 4.79 Å². The van der Waals surface area contributed by atoms with Gasteiger partial charge in [-0.15, -0.1) is 0 Å². The van der Waals surface area contributed by atoms with Crippen LogP contribution in [0.5, 0.6) is 0 Å². The van der Waals surface area contributed by atoms with Crippen molar-refractivity contribution >= 4 is 11.9 Å². The van der Waals surface area contributed by atoms with Gasteiger partial charge >= 0.3 is 6.03 Å². The van der Waals surface area contributed by atoms with Crippen LogP contribution in [-0.2, 0) is 4.79 Å². The van der Waals surface area contributed by atoms with Gasteiger partial charge in [-0.25, -0.2) is 4.79 Å². The average Bonchev–Trinajstić information content (AvgIpc) is 2.34. The topological polar surface area (TPSA) is 52.7 Å². The van der Waals surface area contributed by atoms with Gasteiger partial charge in [0.05, 0.1) is 0 Å². The summed E-state index contributed by atoms with van der Waals surface area (Å²) in [4.78, 5) is 27.0. The maximum Gasteiger partial charge on any atom is 0.317 e. The minimum atomic E-state index is -0.0199. The van der Waals surface area contributed by atoms with E-state index in [1.165, 1.54) is 0 Å². The quantitative estimate of drug-likeness (QED) is 0.808. The third kappa shape index (κ3) is 4.55. The highest BCUT2D eigenvalue weighted by Crippen LogP contribution is 2.11. The first-order valence-electron chi connectivity index (χ1n) is 6.64. The van der Waals surface area contributed by atoms with Crippen LogP contribution in [0, 0.1) is 5.41 Å². The van der Waals surface area contributed by atoms with Crippen molar-refractivity contribution in [2.45, 2.75) is 34.1 Å². The number of nitrogens with one attached hydrogen (secondary N) is 1. The molecule has 1 heterocycles. The molecule has 0 aromatic heterocycles. The number of amides is 3. The Morgan fingerprint density at radius 2 is 1.56 bits per heavy atom. The molecule has 0 bridgehead atoms. The predicted octanol–water partition coefficient (Wildman–Crippen LogP) is 1.30. The molecule has 1 aliphatic rings. The number of hydrogen-bond donors (Lipinski definition) is 1. The van der Waals surface area contributed by atoms with Crippen LogP contribution in [0.15, 0.2) is 0 Å². The normalized spacial score (nSPS) is 16.7. The third-order valence-electron chi connectivity index (χ3n) is 2.99. The predicted molar refractivity (Wildman–Crippen MR) is 71.3 cm³/mol. The lowest BCUT2D eigenvalue weighted by Gasteiger charge is -2.35. The maximum atomic E-state index is 11.9. The van der Waals surface area contributed by atoms with Gasteiger partial charge in [0.25, 0.3) is 0 Å². The van der Waals surface area contributed by atoms with Crippen LogP contribution in [0.3, 0.4) is 0 Å². The Morgan fingerprint density at radius 1 is 1.06 bits per heavy atom. The van der Waals surface area contributed by atoms with E-state index in [1.807, 2.05) is 11.8 Å². The molecule has 5 nitrogen and oxygen atoms in total. The monoisotopic (exact) mass is 255 g/mol. The van der Waals surface area contributed by atoms with Crippen LogP contribution >= 0.6 is 0 Å². The largest absolute Gasteiger partial charge is 0.339 e. The summed E-state index contributed by atoms with van der Waals surface area (Å²) in [5, 5.41) is 2.93. The fraction of sp³-hybridized carbons (Fsp3) is 0.846. The molecule has 1 saturated heterocycles. The Labute approximate surface area is 110 Å². The van der Waals surface area contributed by atoms with E-state index >= 15 is 0 Å². The molecule has 0 spiro atoms. The van der Waals surface area contributed by atoms with Gasteiger partial charge in [0.1, 0.15) is 0 Å². The highest BCUT2D eigenvalue weighted by Gasteiger charge is 2.23. The molecule has 0 aliphatic carbocycles. The highest BCUT2D eigenvalue weighted by molar-refractivity contribution is 5.77. The molecule has 3 amide bonds. The van der Waals surface area contributed by atoms with Crippen LogP contribution in [0.2, 0.25) is 0 Å². The van der Waals surface area contributed by atoms with Crippen molar-refractivity contribution in [3.63, 3.8) is 0 Å². The smallest absolute Gasteiger partial charge is 0.317 e. The summed E-state index contributed by atoms with van der Waals surface area (Å²) in [6.45, 7) is 11.3. The molecule has 0 aromatic rings. The minimum absolute atomic E-state index is 0.0199. The molecule has 0 atom stereocenters. The van der Waals surface area contributed by atoms with Crippen molar-refractivity contribution in [3.05, 3.63) is 0 Å². The van der Waals surface area contributed by atoms with E-state index in [0.717, 1.165) is 0 Å². The lowest BCUT2D eigenvalue weighted by Crippen LogP contribution is -2.53. The number of carbonyl (C=O) groups is 2. The second-order valence-corrected chi connectivity index (χ2v) is 5.94. The van der Waals surface area contributed by atoms with Crippen LogP contribution in [0.1, 0.15) is 34.1 Å². The fourth-order valence-corrected chi connectivity index (χ4v) is 1.84. The van der Waals surface area contributed by atoms with Crippen molar-refractivity contribution in [1.82, 2.24) is 15.1 Å². The van der Waals surface area contributed by atoms with Gasteiger partial charge in [-0.1, -0.05) is 27.7 Å². The van der Waals surface area contributed by atoms with Crippen LogP contribution in [-0.4, -0.2) is 54.5 Å². The zero-order valence-corrected chi connectivity index (χ0v) is 12.0. The molecular weight excluding hydrogens is 230 g/mol. The molecule has 0 aromatic carbocycles. The Hall–Kier alpha value is -1.26. The summed E-state index contributed by atoms with van der Waals surface area (Å²) in [5.74, 6) is 0.171. The zero-order valence-electron chi connectivity index (χ0n) is 12.0. The molecule has 1 N–H and O–H groups in total. The van der Waals surface area contributed by atoms with Gasteiger partial charge in [0, 0.05) is 39.1 Å². The summed E-state index contributed by atoms with van der Waals surface area (Å²) < 4.78 is 0. The number of rotatable bonds is 2. The van der Waals surface area contributed by atoms with Crippen molar-refractivity contribution in [1.29, 1.82) is 0 Å². The van der Waals surface area contributed by atoms with Crippen molar-refractivity contribution < 1.29 is 9.59 Å². The fourth-order valence-electron chi connectivity index (χ4n) is 1.84. The average molecular weight is 255 g/mol. The molecule has 104 valence electrons. The summed E-state index contributed by atoms with van der Waals surface area (Å²) in [7, 11) is 0. The first-order valence-corrected chi connectivity index (χ1v) is 6.64. The number of urea groups is 1. The molecule has 1 aliphatic heterocycles. The van der Waals surface area contributed by atoms with Gasteiger partial charge < -0.3 is 15.1 Å². The standard InChI is InChI=1S/C13H25N3O2/c1-5-11(17)15-6-8-16(9-7-15)12(18)14-10-13(2,3)4/h5-10H2,1-4H3,(H,14,18). The first-order chi connectivity index (χ1) is 8.33. The lowest BCUT2D eigenvalue weighted by atomic mass is 9.97. The van der Waals surface area contributed by atoms with Crippen LogP contribution in [0.25, 0.3) is 0 Å². The van der Waals surface area contributed by atoms with E-state index in [1.54, 1.807) is 4.90 Å². The number of piperazine rings is 1. The summed E-state index contributed by atoms with van der Waals surface area (Å²) in [5.41, 5.74) is 0.0929. The molecule has 5 heteroatoms. The van der Waals surface area contributed by atoms with Gasteiger partial charge in [0.15, 0.2) is 0 Å². The van der Waals surface area contributed by atoms with E-state index in [-0.39, 0.29) is 17.4 Å². The van der Waals surface area contributed by atoms with Crippen molar-refractivity contribution in [2.24, 2.45) is 5.41 Å². The van der Waals surface area contributed by atoms with Gasteiger partial charge in [-0.05, 0) is 5.41 Å². The zero-order chi connectivity index (χ0) is 13.8. The summed E-state index contributed by atoms with van der Waals surface area (Å²) in [6, 6.07) is -0.0199. The minimum Gasteiger partial charge on any atom is -0.339 e. The molecule has 0 radical (unpaired) electrons. The van der Waals surface area contributed by atoms with E-state index in [9.17, 15) is 9.59 Å². The van der Waals surface area contributed by atoms with Crippen molar-refractivity contribution in [3.8, 4) is 0 Å². The molecule has 1 rings (SSSR count). The number of nitrogens with zero attached hydrogens (tertiary/aromatic N) is 2. The Balaban J connectivity index is 2.34. The van der Waals surface area contributed by atoms with E-state index < -0.39 is 0 Å². The summed E-state index contributed by atoms with van der Waals surface area (Å²) in [6.07, 6.45) is 0.538. The van der Waals surface area contributed by atoms with Crippen molar-refractivity contribution in [2.75, 3.05) is 32.7 Å². The number of carbonyl (C=O) groups excluding carboxylic acids is 2. The van der Waals surface area contributed by atoms with E-state index in [4.69, 9.17) is 0 Å². The molecule has 1 fully saturated rings. The maximum absolute atomic E-state index is 11.9. The first kappa shape index (κ1) is 14.8. The third-order valence-corrected chi connectivity index (χ3v) is 2.99. The summed E-state index contributed by atoms with van der Waals surface area (Å²) >= 11 is 0. The van der Waals surface area contributed by atoms with Crippen LogP contribution < -0.4 is 5.32 Å². The molecule has 18 heavy (non-hydrogen) atoms. The highest BCUT2D eigenvalue weighted by atomic mass is 16.2. The SMILES string of the molecule is CCC(=O)N1CCN(C(=O)NCC(C)(C)C)CC1. The van der Waals surface area contributed by atoms with Gasteiger partial charge in [-0.2, -0.15) is 0 Å². The molecule has 0 unspecified atom stereocenters. The molecule has 0 saturated carbocycles. The second kappa shape index (κ2) is 6.07. The number of hydrogen-bond acceptors (Lipinski definition) is 2. The van der Waals surface area contributed by atoms with E-state index in [0.29, 0.717) is 39.1 Å². The lowest BCUT2D eigenvalue weighted by molar-refractivity contribution is -0.132. The van der Waals surface area contributed by atoms with E-state index in [2.05, 4.69) is 26.1 Å². The Bertz CT molecular complexity index is 302. The Morgan fingerprint density at radius 3 is 2.00 bits per heavy atom. The second-order valence-electron chi connectivity index (χ2n) is 5.94. The molecular formula is C13H25N3O2. The van der Waals surface area contributed by atoms with Gasteiger partial charge in [0.2, 0.25) is 5.91 Å². The Kier molecular flexibility index (Phi) is 4.99.